The molecular formula is C20H20N2O3. The number of aromatic nitrogens is 1. The second-order valence-corrected chi connectivity index (χ2v) is 6.34. The number of fused-ring (bicyclic) bond motifs is 1. The van der Waals surface area contributed by atoms with Crippen molar-refractivity contribution in [3.8, 4) is 11.1 Å². The highest BCUT2D eigenvalue weighted by molar-refractivity contribution is 6.08. The standard InChI is InChI=1S/C20H20N2O3/c23-20(22-11-14-6-9-24-10-7-14)17-5-1-4-16-18(13-25-19(16)17)15-3-2-8-21-12-15/h1-5,8,12-14H,6-7,9-11H2,(H,22,23). The van der Waals surface area contributed by atoms with Crippen molar-refractivity contribution < 1.29 is 13.9 Å². The maximum atomic E-state index is 12.6. The Morgan fingerprint density at radius 1 is 1.20 bits per heavy atom. The number of nitrogens with one attached hydrogen (secondary N) is 1. The number of furan rings is 1. The number of para-hydroxylation sites is 1. The van der Waals surface area contributed by atoms with Crippen molar-refractivity contribution in [1.82, 2.24) is 10.3 Å². The molecule has 3 heterocycles. The first kappa shape index (κ1) is 15.8. The number of ether oxygens (including phenoxy) is 1. The van der Waals surface area contributed by atoms with Crippen LogP contribution in [0.3, 0.4) is 0 Å². The molecule has 1 saturated heterocycles. The van der Waals surface area contributed by atoms with Gasteiger partial charge in [-0.05, 0) is 30.9 Å². The predicted octanol–water partition coefficient (Wildman–Crippen LogP) is 3.65. The van der Waals surface area contributed by atoms with E-state index in [0.717, 1.165) is 42.6 Å². The van der Waals surface area contributed by atoms with Crippen LogP contribution in [0.2, 0.25) is 0 Å². The summed E-state index contributed by atoms with van der Waals surface area (Å²) in [4.78, 5) is 16.8. The van der Waals surface area contributed by atoms with E-state index in [9.17, 15) is 4.79 Å². The fraction of sp³-hybridized carbons (Fsp3) is 0.300. The van der Waals surface area contributed by atoms with Gasteiger partial charge in [0.05, 0.1) is 11.8 Å². The summed E-state index contributed by atoms with van der Waals surface area (Å²) < 4.78 is 11.1. The van der Waals surface area contributed by atoms with Crippen molar-refractivity contribution in [3.63, 3.8) is 0 Å². The smallest absolute Gasteiger partial charge is 0.255 e. The number of hydrogen-bond acceptors (Lipinski definition) is 4. The zero-order valence-corrected chi connectivity index (χ0v) is 13.9. The van der Waals surface area contributed by atoms with E-state index in [1.54, 1.807) is 24.7 Å². The lowest BCUT2D eigenvalue weighted by Crippen LogP contribution is -2.32. The third-order valence-corrected chi connectivity index (χ3v) is 4.71. The Morgan fingerprint density at radius 2 is 2.08 bits per heavy atom. The lowest BCUT2D eigenvalue weighted by molar-refractivity contribution is 0.0643. The summed E-state index contributed by atoms with van der Waals surface area (Å²) in [7, 11) is 0. The van der Waals surface area contributed by atoms with Crippen molar-refractivity contribution in [2.75, 3.05) is 19.8 Å². The summed E-state index contributed by atoms with van der Waals surface area (Å²) in [5.74, 6) is 0.392. The lowest BCUT2D eigenvalue weighted by Gasteiger charge is -2.22. The van der Waals surface area contributed by atoms with Crippen LogP contribution < -0.4 is 5.32 Å². The lowest BCUT2D eigenvalue weighted by atomic mass is 10.00. The normalized spacial score (nSPS) is 15.4. The van der Waals surface area contributed by atoms with E-state index in [4.69, 9.17) is 9.15 Å². The quantitative estimate of drug-likeness (QED) is 0.790. The molecule has 0 aliphatic carbocycles. The molecule has 0 saturated carbocycles. The molecule has 4 rings (SSSR count). The second kappa shape index (κ2) is 7.07. The second-order valence-electron chi connectivity index (χ2n) is 6.34. The summed E-state index contributed by atoms with van der Waals surface area (Å²) in [5, 5.41) is 3.97. The molecular weight excluding hydrogens is 316 g/mol. The summed E-state index contributed by atoms with van der Waals surface area (Å²) in [5.41, 5.74) is 3.11. The van der Waals surface area contributed by atoms with E-state index in [1.165, 1.54) is 0 Å². The minimum absolute atomic E-state index is 0.0934. The Labute approximate surface area is 146 Å². The Morgan fingerprint density at radius 3 is 2.88 bits per heavy atom. The molecule has 1 aliphatic heterocycles. The molecule has 3 aromatic rings. The van der Waals surface area contributed by atoms with Gasteiger partial charge in [0.25, 0.3) is 5.91 Å². The van der Waals surface area contributed by atoms with E-state index in [2.05, 4.69) is 10.3 Å². The van der Waals surface area contributed by atoms with Gasteiger partial charge in [0.1, 0.15) is 5.58 Å². The minimum atomic E-state index is -0.0934. The fourth-order valence-corrected chi connectivity index (χ4v) is 3.26. The molecule has 0 bridgehead atoms. The summed E-state index contributed by atoms with van der Waals surface area (Å²) in [6, 6.07) is 9.53. The van der Waals surface area contributed by atoms with Gasteiger partial charge in [0.15, 0.2) is 0 Å². The van der Waals surface area contributed by atoms with Crippen molar-refractivity contribution in [1.29, 1.82) is 0 Å². The average Bonchev–Trinajstić information content (AvgIpc) is 3.12. The molecule has 1 aliphatic rings. The van der Waals surface area contributed by atoms with Gasteiger partial charge in [-0.25, -0.2) is 0 Å². The molecule has 0 atom stereocenters. The molecule has 1 aromatic carbocycles. The zero-order chi connectivity index (χ0) is 17.1. The van der Waals surface area contributed by atoms with Crippen LogP contribution in [0.4, 0.5) is 0 Å². The van der Waals surface area contributed by atoms with E-state index in [1.807, 2.05) is 24.3 Å². The van der Waals surface area contributed by atoms with Gasteiger partial charge in [-0.15, -0.1) is 0 Å². The van der Waals surface area contributed by atoms with Gasteiger partial charge < -0.3 is 14.5 Å². The Balaban J connectivity index is 1.57. The van der Waals surface area contributed by atoms with Gasteiger partial charge in [0.2, 0.25) is 0 Å². The highest BCUT2D eigenvalue weighted by Crippen LogP contribution is 2.32. The topological polar surface area (TPSA) is 64.4 Å². The van der Waals surface area contributed by atoms with Crippen molar-refractivity contribution >= 4 is 16.9 Å². The van der Waals surface area contributed by atoms with Gasteiger partial charge >= 0.3 is 0 Å². The van der Waals surface area contributed by atoms with Crippen molar-refractivity contribution in [2.45, 2.75) is 12.8 Å². The number of benzene rings is 1. The van der Waals surface area contributed by atoms with E-state index >= 15 is 0 Å². The van der Waals surface area contributed by atoms with Gasteiger partial charge in [-0.1, -0.05) is 18.2 Å². The Kier molecular flexibility index (Phi) is 4.48. The predicted molar refractivity (Wildman–Crippen MR) is 95.3 cm³/mol. The molecule has 5 nitrogen and oxygen atoms in total. The SMILES string of the molecule is O=C(NCC1CCOCC1)c1cccc2c(-c3cccnc3)coc12. The zero-order valence-electron chi connectivity index (χ0n) is 13.9. The summed E-state index contributed by atoms with van der Waals surface area (Å²) in [6.07, 6.45) is 7.22. The molecule has 1 fully saturated rings. The van der Waals surface area contributed by atoms with Crippen molar-refractivity contribution in [2.24, 2.45) is 5.92 Å². The van der Waals surface area contributed by atoms with Gasteiger partial charge in [-0.2, -0.15) is 0 Å². The molecule has 0 unspecified atom stereocenters. The fourth-order valence-electron chi connectivity index (χ4n) is 3.26. The Hall–Kier alpha value is -2.66. The first-order valence-electron chi connectivity index (χ1n) is 8.59. The van der Waals surface area contributed by atoms with Crippen LogP contribution in [0.25, 0.3) is 22.1 Å². The molecule has 1 amide bonds. The van der Waals surface area contributed by atoms with Crippen LogP contribution in [0, 0.1) is 5.92 Å². The highest BCUT2D eigenvalue weighted by atomic mass is 16.5. The molecule has 1 N–H and O–H groups in total. The number of nitrogens with zero attached hydrogens (tertiary/aromatic N) is 1. The summed E-state index contributed by atoms with van der Waals surface area (Å²) in [6.45, 7) is 2.24. The molecule has 2 aromatic heterocycles. The third-order valence-electron chi connectivity index (χ3n) is 4.71. The first-order chi connectivity index (χ1) is 12.3. The number of rotatable bonds is 4. The van der Waals surface area contributed by atoms with Crippen LogP contribution in [-0.2, 0) is 4.74 Å². The highest BCUT2D eigenvalue weighted by Gasteiger charge is 2.18. The van der Waals surface area contributed by atoms with Gasteiger partial charge in [0, 0.05) is 48.7 Å². The third kappa shape index (κ3) is 3.28. The average molecular weight is 336 g/mol. The van der Waals surface area contributed by atoms with Crippen LogP contribution in [-0.4, -0.2) is 30.6 Å². The van der Waals surface area contributed by atoms with Crippen LogP contribution in [0.1, 0.15) is 23.2 Å². The molecule has 128 valence electrons. The molecule has 25 heavy (non-hydrogen) atoms. The molecule has 5 heteroatoms. The van der Waals surface area contributed by atoms with E-state index in [-0.39, 0.29) is 5.91 Å². The summed E-state index contributed by atoms with van der Waals surface area (Å²) >= 11 is 0. The first-order valence-corrected chi connectivity index (χ1v) is 8.59. The van der Waals surface area contributed by atoms with E-state index < -0.39 is 0 Å². The van der Waals surface area contributed by atoms with Crippen LogP contribution in [0.15, 0.2) is 53.4 Å². The maximum absolute atomic E-state index is 12.6. The number of hydrogen-bond donors (Lipinski definition) is 1. The number of pyridine rings is 1. The number of carbonyl (C=O) groups excluding carboxylic acids is 1. The van der Waals surface area contributed by atoms with Crippen LogP contribution >= 0.6 is 0 Å². The van der Waals surface area contributed by atoms with E-state index in [0.29, 0.717) is 23.6 Å². The minimum Gasteiger partial charge on any atom is -0.463 e. The monoisotopic (exact) mass is 336 g/mol. The number of amides is 1. The van der Waals surface area contributed by atoms with Crippen molar-refractivity contribution in [3.05, 3.63) is 54.6 Å². The largest absolute Gasteiger partial charge is 0.463 e. The van der Waals surface area contributed by atoms with Crippen LogP contribution in [0.5, 0.6) is 0 Å². The molecule has 0 spiro atoms. The molecule has 0 radical (unpaired) electrons. The number of carbonyl (C=O) groups is 1. The maximum Gasteiger partial charge on any atom is 0.255 e. The van der Waals surface area contributed by atoms with Gasteiger partial charge in [-0.3, -0.25) is 9.78 Å². The Bertz CT molecular complexity index is 867.